The second-order valence-corrected chi connectivity index (χ2v) is 7.81. The third-order valence-electron chi connectivity index (χ3n) is 4.16. The minimum absolute atomic E-state index is 0.223. The van der Waals surface area contributed by atoms with E-state index in [1.54, 1.807) is 38.3 Å². The maximum absolute atomic E-state index is 12.5. The molecule has 7 nitrogen and oxygen atoms in total. The van der Waals surface area contributed by atoms with E-state index in [-0.39, 0.29) is 5.91 Å². The van der Waals surface area contributed by atoms with Crippen LogP contribution in [0.1, 0.15) is 20.9 Å². The minimum Gasteiger partial charge on any atom is -0.497 e. The van der Waals surface area contributed by atoms with E-state index < -0.39 is 6.03 Å². The van der Waals surface area contributed by atoms with Crippen molar-refractivity contribution in [1.29, 1.82) is 0 Å². The Labute approximate surface area is 183 Å². The predicted octanol–water partition coefficient (Wildman–Crippen LogP) is 4.73. The number of ether oxygens (including phenoxy) is 1. The number of anilines is 2. The molecule has 3 amide bonds. The van der Waals surface area contributed by atoms with E-state index in [0.29, 0.717) is 39.4 Å². The van der Waals surface area contributed by atoms with Gasteiger partial charge in [0.2, 0.25) is 0 Å². The topological polar surface area (TPSA) is 92.4 Å². The van der Waals surface area contributed by atoms with E-state index in [9.17, 15) is 9.59 Å². The van der Waals surface area contributed by atoms with Crippen LogP contribution in [0, 0.1) is 6.92 Å². The summed E-state index contributed by atoms with van der Waals surface area (Å²) in [7, 11) is 1.62. The number of aryl methyl sites for hydroxylation is 1. The SMILES string of the molecule is COc1cccc(CCNC(=O)c2sc(NC(=O)Nc3ccc(Cl)cc3)nc2C)c1. The molecule has 0 saturated carbocycles. The van der Waals surface area contributed by atoms with Crippen molar-refractivity contribution in [3.63, 3.8) is 0 Å². The van der Waals surface area contributed by atoms with Crippen molar-refractivity contribution in [3.05, 3.63) is 69.7 Å². The lowest BCUT2D eigenvalue weighted by molar-refractivity contribution is 0.0957. The summed E-state index contributed by atoms with van der Waals surface area (Å²) >= 11 is 6.96. The van der Waals surface area contributed by atoms with E-state index >= 15 is 0 Å². The molecule has 0 unspecified atom stereocenters. The highest BCUT2D eigenvalue weighted by Crippen LogP contribution is 2.23. The van der Waals surface area contributed by atoms with Gasteiger partial charge in [-0.2, -0.15) is 0 Å². The zero-order chi connectivity index (χ0) is 21.5. The maximum atomic E-state index is 12.5. The molecule has 0 aliphatic heterocycles. The van der Waals surface area contributed by atoms with Gasteiger partial charge in [-0.15, -0.1) is 0 Å². The molecular formula is C21H21ClN4O3S. The fourth-order valence-electron chi connectivity index (χ4n) is 2.68. The zero-order valence-corrected chi connectivity index (χ0v) is 18.1. The zero-order valence-electron chi connectivity index (χ0n) is 16.5. The lowest BCUT2D eigenvalue weighted by Gasteiger charge is -2.06. The Balaban J connectivity index is 1.53. The van der Waals surface area contributed by atoms with Crippen LogP contribution < -0.4 is 20.7 Å². The first kappa shape index (κ1) is 21.6. The molecule has 30 heavy (non-hydrogen) atoms. The van der Waals surface area contributed by atoms with Gasteiger partial charge in [-0.3, -0.25) is 10.1 Å². The number of hydrogen-bond donors (Lipinski definition) is 3. The van der Waals surface area contributed by atoms with Crippen LogP contribution in [0.3, 0.4) is 0 Å². The number of halogens is 1. The summed E-state index contributed by atoms with van der Waals surface area (Å²) < 4.78 is 5.20. The number of nitrogens with zero attached hydrogens (tertiary/aromatic N) is 1. The highest BCUT2D eigenvalue weighted by molar-refractivity contribution is 7.17. The number of nitrogens with one attached hydrogen (secondary N) is 3. The summed E-state index contributed by atoms with van der Waals surface area (Å²) in [5.41, 5.74) is 2.22. The summed E-state index contributed by atoms with van der Waals surface area (Å²) in [6.45, 7) is 2.21. The number of carbonyl (C=O) groups is 2. The molecule has 2 aromatic carbocycles. The monoisotopic (exact) mass is 444 g/mol. The van der Waals surface area contributed by atoms with Crippen LogP contribution in [-0.4, -0.2) is 30.6 Å². The van der Waals surface area contributed by atoms with Gasteiger partial charge in [-0.25, -0.2) is 9.78 Å². The molecule has 0 radical (unpaired) electrons. The molecule has 3 rings (SSSR count). The first-order valence-electron chi connectivity index (χ1n) is 9.16. The van der Waals surface area contributed by atoms with Gasteiger partial charge >= 0.3 is 6.03 Å². The number of benzene rings is 2. The molecule has 3 aromatic rings. The molecule has 1 aromatic heterocycles. The van der Waals surface area contributed by atoms with Gasteiger partial charge in [0, 0.05) is 17.3 Å². The maximum Gasteiger partial charge on any atom is 0.325 e. The van der Waals surface area contributed by atoms with Crippen molar-refractivity contribution in [2.75, 3.05) is 24.3 Å². The molecule has 3 N–H and O–H groups in total. The number of thiazole rings is 1. The van der Waals surface area contributed by atoms with Gasteiger partial charge in [-0.1, -0.05) is 35.1 Å². The van der Waals surface area contributed by atoms with Crippen LogP contribution in [0.25, 0.3) is 0 Å². The third kappa shape index (κ3) is 5.95. The molecule has 0 fully saturated rings. The van der Waals surface area contributed by atoms with Crippen LogP contribution in [0.15, 0.2) is 48.5 Å². The summed E-state index contributed by atoms with van der Waals surface area (Å²) in [5.74, 6) is 0.559. The van der Waals surface area contributed by atoms with Crippen molar-refractivity contribution in [2.24, 2.45) is 0 Å². The molecule has 0 spiro atoms. The predicted molar refractivity (Wildman–Crippen MR) is 120 cm³/mol. The highest BCUT2D eigenvalue weighted by atomic mass is 35.5. The molecular weight excluding hydrogens is 424 g/mol. The summed E-state index contributed by atoms with van der Waals surface area (Å²) in [6, 6.07) is 14.0. The quantitative estimate of drug-likeness (QED) is 0.491. The van der Waals surface area contributed by atoms with Gasteiger partial charge in [0.15, 0.2) is 5.13 Å². The second kappa shape index (κ2) is 10.1. The van der Waals surface area contributed by atoms with Gasteiger partial charge in [0.1, 0.15) is 10.6 Å². The average Bonchev–Trinajstić information content (AvgIpc) is 3.09. The molecule has 9 heteroatoms. The number of carbonyl (C=O) groups excluding carboxylic acids is 2. The molecule has 1 heterocycles. The molecule has 0 bridgehead atoms. The first-order chi connectivity index (χ1) is 14.4. The van der Waals surface area contributed by atoms with Crippen molar-refractivity contribution in [1.82, 2.24) is 10.3 Å². The Hall–Kier alpha value is -3.10. The Bertz CT molecular complexity index is 1040. The average molecular weight is 445 g/mol. The molecule has 0 saturated heterocycles. The smallest absolute Gasteiger partial charge is 0.325 e. The number of rotatable bonds is 7. The molecule has 156 valence electrons. The molecule has 0 atom stereocenters. The van der Waals surface area contributed by atoms with Crippen molar-refractivity contribution in [2.45, 2.75) is 13.3 Å². The lowest BCUT2D eigenvalue weighted by Crippen LogP contribution is -2.25. The Morgan fingerprint density at radius 1 is 1.13 bits per heavy atom. The van der Waals surface area contributed by atoms with Crippen LogP contribution in [-0.2, 0) is 6.42 Å². The van der Waals surface area contributed by atoms with Crippen molar-refractivity contribution in [3.8, 4) is 5.75 Å². The second-order valence-electron chi connectivity index (χ2n) is 6.38. The van der Waals surface area contributed by atoms with E-state index in [1.807, 2.05) is 24.3 Å². The number of amides is 3. The van der Waals surface area contributed by atoms with Crippen LogP contribution >= 0.6 is 22.9 Å². The Kier molecular flexibility index (Phi) is 7.26. The van der Waals surface area contributed by atoms with Crippen LogP contribution in [0.2, 0.25) is 5.02 Å². The van der Waals surface area contributed by atoms with Crippen LogP contribution in [0.4, 0.5) is 15.6 Å². The van der Waals surface area contributed by atoms with E-state index in [0.717, 1.165) is 22.6 Å². The fourth-order valence-corrected chi connectivity index (χ4v) is 3.69. The molecule has 0 aliphatic carbocycles. The van der Waals surface area contributed by atoms with Gasteiger partial charge in [0.05, 0.1) is 12.8 Å². The van der Waals surface area contributed by atoms with E-state index in [4.69, 9.17) is 16.3 Å². The van der Waals surface area contributed by atoms with Gasteiger partial charge in [-0.05, 0) is 55.3 Å². The number of hydrogen-bond acceptors (Lipinski definition) is 5. The Morgan fingerprint density at radius 2 is 1.90 bits per heavy atom. The Morgan fingerprint density at radius 3 is 2.63 bits per heavy atom. The highest BCUT2D eigenvalue weighted by Gasteiger charge is 2.16. The number of aromatic nitrogens is 1. The van der Waals surface area contributed by atoms with Gasteiger partial charge in [0.25, 0.3) is 5.91 Å². The van der Waals surface area contributed by atoms with E-state index in [2.05, 4.69) is 20.9 Å². The first-order valence-corrected chi connectivity index (χ1v) is 10.4. The fraction of sp³-hybridized carbons (Fsp3) is 0.190. The summed E-state index contributed by atoms with van der Waals surface area (Å²) in [6.07, 6.45) is 0.676. The lowest BCUT2D eigenvalue weighted by atomic mass is 10.1. The minimum atomic E-state index is -0.448. The van der Waals surface area contributed by atoms with Gasteiger partial charge < -0.3 is 15.4 Å². The number of methoxy groups -OCH3 is 1. The summed E-state index contributed by atoms with van der Waals surface area (Å²) in [5, 5.41) is 9.14. The van der Waals surface area contributed by atoms with Crippen molar-refractivity contribution >= 4 is 45.7 Å². The number of urea groups is 1. The van der Waals surface area contributed by atoms with E-state index in [1.165, 1.54) is 0 Å². The largest absolute Gasteiger partial charge is 0.497 e. The van der Waals surface area contributed by atoms with Crippen LogP contribution in [0.5, 0.6) is 5.75 Å². The summed E-state index contributed by atoms with van der Waals surface area (Å²) in [4.78, 5) is 29.4. The standard InChI is InChI=1S/C21H21ClN4O3S/c1-13-18(19(27)23-11-10-14-4-3-5-17(12-14)29-2)30-21(24-13)26-20(28)25-16-8-6-15(22)7-9-16/h3-9,12H,10-11H2,1-2H3,(H,23,27)(H2,24,25,26,28). The van der Waals surface area contributed by atoms with Crippen molar-refractivity contribution < 1.29 is 14.3 Å². The normalized spacial score (nSPS) is 10.4. The molecule has 0 aliphatic rings. The third-order valence-corrected chi connectivity index (χ3v) is 5.48.